The summed E-state index contributed by atoms with van der Waals surface area (Å²) in [6, 6.07) is -0.567. The van der Waals surface area contributed by atoms with Crippen LogP contribution in [0.15, 0.2) is 0 Å². The van der Waals surface area contributed by atoms with E-state index in [4.69, 9.17) is 9.47 Å². The van der Waals surface area contributed by atoms with Gasteiger partial charge in [0.25, 0.3) is 0 Å². The third-order valence-corrected chi connectivity index (χ3v) is 7.93. The number of methoxy groups -OCH3 is 2. The molecular formula is C28H54N4O5. The summed E-state index contributed by atoms with van der Waals surface area (Å²) in [7, 11) is 8.78. The van der Waals surface area contributed by atoms with Crippen molar-refractivity contribution in [2.45, 2.75) is 97.6 Å². The van der Waals surface area contributed by atoms with Crippen molar-refractivity contribution in [1.29, 1.82) is 0 Å². The maximum absolute atomic E-state index is 13.5. The van der Waals surface area contributed by atoms with Gasteiger partial charge in [-0.3, -0.25) is 19.3 Å². The van der Waals surface area contributed by atoms with Crippen molar-refractivity contribution in [1.82, 2.24) is 20.0 Å². The standard InChI is InChI=1S/C28H54N4O5/c1-12-20(6)26(31(9)24(34)17-29-28(35)25(18(2)3)30(7)8)22(36-10)16-23(33)32-15-13-14-21(32)27(37-11)19(4)5/h18-22,25-27H,12-17H2,1-11H3,(H,29,35)/t20?,21?,22?,25?,26?,27-/m1/s1. The van der Waals surface area contributed by atoms with Crippen LogP contribution < -0.4 is 5.32 Å². The summed E-state index contributed by atoms with van der Waals surface area (Å²) in [6.07, 6.45) is 2.43. The van der Waals surface area contributed by atoms with Crippen molar-refractivity contribution in [3.63, 3.8) is 0 Å². The van der Waals surface area contributed by atoms with Crippen LogP contribution >= 0.6 is 0 Å². The Morgan fingerprint density at radius 3 is 2.08 bits per heavy atom. The van der Waals surface area contributed by atoms with Crippen molar-refractivity contribution >= 4 is 17.7 Å². The lowest BCUT2D eigenvalue weighted by Gasteiger charge is -2.39. The maximum atomic E-state index is 13.5. The molecule has 0 radical (unpaired) electrons. The molecule has 0 aromatic heterocycles. The summed E-state index contributed by atoms with van der Waals surface area (Å²) in [6.45, 7) is 13.0. The fraction of sp³-hybridized carbons (Fsp3) is 0.893. The van der Waals surface area contributed by atoms with Gasteiger partial charge in [-0.15, -0.1) is 0 Å². The van der Waals surface area contributed by atoms with Crippen LogP contribution in [0.1, 0.15) is 67.2 Å². The van der Waals surface area contributed by atoms with Crippen LogP contribution in [0.3, 0.4) is 0 Å². The summed E-state index contributed by atoms with van der Waals surface area (Å²) in [5.74, 6) is 0.180. The highest BCUT2D eigenvalue weighted by Crippen LogP contribution is 2.28. The maximum Gasteiger partial charge on any atom is 0.242 e. The molecule has 3 amide bonds. The van der Waals surface area contributed by atoms with E-state index in [1.807, 2.05) is 37.7 Å². The zero-order valence-electron chi connectivity index (χ0n) is 25.2. The molecular weight excluding hydrogens is 472 g/mol. The SMILES string of the molecule is CCC(C)C(C(CC(=O)N1CCCC1[C@H](OC)C(C)C)OC)N(C)C(=O)CNC(=O)C(C(C)C)N(C)C. The van der Waals surface area contributed by atoms with Gasteiger partial charge in [0.1, 0.15) is 0 Å². The molecule has 0 spiro atoms. The molecule has 5 unspecified atom stereocenters. The number of amides is 3. The lowest BCUT2D eigenvalue weighted by Crippen LogP contribution is -2.55. The van der Waals surface area contributed by atoms with E-state index in [0.717, 1.165) is 19.3 Å². The Bertz CT molecular complexity index is 721. The van der Waals surface area contributed by atoms with Gasteiger partial charge >= 0.3 is 0 Å². The molecule has 37 heavy (non-hydrogen) atoms. The van der Waals surface area contributed by atoms with E-state index in [-0.39, 0.29) is 66.8 Å². The number of nitrogens with zero attached hydrogens (tertiary/aromatic N) is 3. The first-order valence-electron chi connectivity index (χ1n) is 13.9. The third-order valence-electron chi connectivity index (χ3n) is 7.93. The van der Waals surface area contributed by atoms with Crippen molar-refractivity contribution in [2.75, 3.05) is 48.5 Å². The van der Waals surface area contributed by atoms with Gasteiger partial charge in [0, 0.05) is 27.8 Å². The number of hydrogen-bond donors (Lipinski definition) is 1. The van der Waals surface area contributed by atoms with E-state index in [2.05, 4.69) is 33.0 Å². The fourth-order valence-corrected chi connectivity index (χ4v) is 5.88. The van der Waals surface area contributed by atoms with Crippen LogP contribution in [0.25, 0.3) is 0 Å². The van der Waals surface area contributed by atoms with Crippen LogP contribution in [0, 0.1) is 17.8 Å². The van der Waals surface area contributed by atoms with E-state index < -0.39 is 6.10 Å². The highest BCUT2D eigenvalue weighted by Gasteiger charge is 2.40. The van der Waals surface area contributed by atoms with Gasteiger partial charge in [-0.1, -0.05) is 48.0 Å². The number of hydrogen-bond acceptors (Lipinski definition) is 6. The van der Waals surface area contributed by atoms with E-state index in [1.54, 1.807) is 26.2 Å². The van der Waals surface area contributed by atoms with Crippen LogP contribution in [0.2, 0.25) is 0 Å². The second-order valence-electron chi connectivity index (χ2n) is 11.5. The summed E-state index contributed by atoms with van der Waals surface area (Å²) >= 11 is 0. The number of nitrogens with one attached hydrogen (secondary N) is 1. The van der Waals surface area contributed by atoms with Crippen molar-refractivity contribution in [3.8, 4) is 0 Å². The average molecular weight is 527 g/mol. The van der Waals surface area contributed by atoms with Crippen LogP contribution in [-0.2, 0) is 23.9 Å². The molecule has 1 fully saturated rings. The predicted molar refractivity (Wildman–Crippen MR) is 147 cm³/mol. The molecule has 1 N–H and O–H groups in total. The Labute approximate surface area is 225 Å². The van der Waals surface area contributed by atoms with E-state index in [9.17, 15) is 14.4 Å². The second kappa shape index (κ2) is 15.6. The minimum absolute atomic E-state index is 0.0116. The van der Waals surface area contributed by atoms with E-state index >= 15 is 0 Å². The number of carbonyl (C=O) groups excluding carboxylic acids is 3. The number of likely N-dealkylation sites (N-methyl/N-ethyl adjacent to an activating group) is 2. The summed E-state index contributed by atoms with van der Waals surface area (Å²) in [5.41, 5.74) is 0. The van der Waals surface area contributed by atoms with E-state index in [1.165, 1.54) is 0 Å². The first kappa shape index (κ1) is 33.3. The molecule has 1 saturated heterocycles. The van der Waals surface area contributed by atoms with Gasteiger partial charge in [0.15, 0.2) is 0 Å². The zero-order chi connectivity index (χ0) is 28.4. The molecule has 9 nitrogen and oxygen atoms in total. The molecule has 1 heterocycles. The molecule has 0 saturated carbocycles. The number of likely N-dealkylation sites (tertiary alicyclic amines) is 1. The lowest BCUT2D eigenvalue weighted by molar-refractivity contribution is -0.144. The highest BCUT2D eigenvalue weighted by atomic mass is 16.5. The van der Waals surface area contributed by atoms with Crippen molar-refractivity contribution in [2.24, 2.45) is 17.8 Å². The quantitative estimate of drug-likeness (QED) is 0.353. The first-order valence-corrected chi connectivity index (χ1v) is 13.9. The van der Waals surface area contributed by atoms with Crippen molar-refractivity contribution in [3.05, 3.63) is 0 Å². The first-order chi connectivity index (χ1) is 17.3. The lowest BCUT2D eigenvalue weighted by atomic mass is 9.90. The Kier molecular flexibility index (Phi) is 14.1. The third kappa shape index (κ3) is 8.93. The molecule has 6 atom stereocenters. The summed E-state index contributed by atoms with van der Waals surface area (Å²) < 4.78 is 11.6. The number of ether oxygens (including phenoxy) is 2. The van der Waals surface area contributed by atoms with Gasteiger partial charge in [-0.25, -0.2) is 0 Å². The van der Waals surface area contributed by atoms with Gasteiger partial charge in [-0.05, 0) is 44.7 Å². The topological polar surface area (TPSA) is 91.4 Å². The fourth-order valence-electron chi connectivity index (χ4n) is 5.88. The Morgan fingerprint density at radius 2 is 1.62 bits per heavy atom. The average Bonchev–Trinajstić information content (AvgIpc) is 3.30. The molecule has 216 valence electrons. The predicted octanol–water partition coefficient (Wildman–Crippen LogP) is 2.63. The number of rotatable bonds is 15. The van der Waals surface area contributed by atoms with E-state index in [0.29, 0.717) is 12.5 Å². The smallest absolute Gasteiger partial charge is 0.242 e. The van der Waals surface area contributed by atoms with Gasteiger partial charge in [-0.2, -0.15) is 0 Å². The van der Waals surface area contributed by atoms with Gasteiger partial charge in [0.2, 0.25) is 17.7 Å². The molecule has 1 aliphatic heterocycles. The zero-order valence-corrected chi connectivity index (χ0v) is 25.2. The molecule has 0 bridgehead atoms. The molecule has 1 aliphatic rings. The molecule has 0 aromatic rings. The van der Waals surface area contributed by atoms with Gasteiger partial charge < -0.3 is 24.6 Å². The largest absolute Gasteiger partial charge is 0.379 e. The molecule has 1 rings (SSSR count). The summed E-state index contributed by atoms with van der Waals surface area (Å²) in [4.78, 5) is 45.0. The number of carbonyl (C=O) groups is 3. The minimum atomic E-state index is -0.460. The minimum Gasteiger partial charge on any atom is -0.379 e. The monoisotopic (exact) mass is 526 g/mol. The summed E-state index contributed by atoms with van der Waals surface area (Å²) in [5, 5.41) is 2.81. The molecule has 0 aliphatic carbocycles. The highest BCUT2D eigenvalue weighted by molar-refractivity contribution is 5.87. The molecule has 0 aromatic carbocycles. The Hall–Kier alpha value is -1.71. The van der Waals surface area contributed by atoms with Crippen LogP contribution in [0.4, 0.5) is 0 Å². The normalized spacial score (nSPS) is 20.2. The second-order valence-corrected chi connectivity index (χ2v) is 11.5. The van der Waals surface area contributed by atoms with Crippen molar-refractivity contribution < 1.29 is 23.9 Å². The Balaban J connectivity index is 3.00. The van der Waals surface area contributed by atoms with Crippen LogP contribution in [-0.4, -0.2) is 111 Å². The molecule has 9 heteroatoms. The Morgan fingerprint density at radius 1 is 1.00 bits per heavy atom. The van der Waals surface area contributed by atoms with Crippen LogP contribution in [0.5, 0.6) is 0 Å². The van der Waals surface area contributed by atoms with Gasteiger partial charge in [0.05, 0.1) is 43.3 Å².